The first kappa shape index (κ1) is 56.9. The molecule has 360 valence electrons. The molecule has 0 unspecified atom stereocenters. The van der Waals surface area contributed by atoms with Gasteiger partial charge in [0.2, 0.25) is 0 Å². The minimum atomic E-state index is -0.809. The van der Waals surface area contributed by atoms with Crippen LogP contribution in [-0.4, -0.2) is 80.0 Å². The fraction of sp³-hybridized carbons (Fsp3) is 0.714. The van der Waals surface area contributed by atoms with Gasteiger partial charge in [0.05, 0.1) is 0 Å². The third-order valence-corrected chi connectivity index (χ3v) is 34.3. The Morgan fingerprint density at radius 1 is 0.246 bits per heavy atom. The van der Waals surface area contributed by atoms with Crippen molar-refractivity contribution in [3.8, 4) is 0 Å². The molecule has 0 aromatic rings. The molecule has 9 heteroatoms. The Kier molecular flexibility index (Phi) is 16.2. The fourth-order valence-electron chi connectivity index (χ4n) is 15.9. The van der Waals surface area contributed by atoms with Gasteiger partial charge in [0.25, 0.3) is 0 Å². The molecule has 0 radical (unpaired) electrons. The van der Waals surface area contributed by atoms with Crippen LogP contribution in [0.2, 0.25) is 52.4 Å². The second kappa shape index (κ2) is 18.5. The molecule has 0 aromatic carbocycles. The number of nitrogens with zero attached hydrogens (tertiary/aromatic N) is 4. The average Bonchev–Trinajstić information content (AvgIpc) is 3.82. The van der Waals surface area contributed by atoms with Crippen LogP contribution in [0.15, 0.2) is 97.2 Å². The molecule has 0 atom stereocenters. The standard InChI is InChI=1S/4C14H24NSi.Ti/c4*1-12(2)13(3,4)14(12,16(5)6)15-11-9-7-8-10-11;/h4*7-11,16H,1-6H3;/q4*-1;+4. The fourth-order valence-corrected chi connectivity index (χ4v) is 32.0. The molecule has 0 spiro atoms. The van der Waals surface area contributed by atoms with Gasteiger partial charge in [0.15, 0.2) is 0 Å². The molecule has 8 aliphatic carbocycles. The number of hydrogen-bond donors (Lipinski definition) is 0. The molecule has 0 aliphatic heterocycles. The van der Waals surface area contributed by atoms with E-state index in [0.717, 1.165) is 0 Å². The SMILES string of the molecule is C[SiH](C)C1([N-]C2C=CC=C2)C(C)(C)C1(C)C.C[SiH](C)C1([N-]C2C=CC=C2)C(C)(C)C1(C)C.C[SiH](C)C1([N-]C2C=CC=C2)C(C)(C)C1(C)C.C[SiH](C)C1([N-]C2C=CC=C2)C(C)(C)C1(C)C.[Ti+4]. The summed E-state index contributed by atoms with van der Waals surface area (Å²) in [7, 11) is -3.24. The first-order chi connectivity index (χ1) is 29.1. The van der Waals surface area contributed by atoms with Gasteiger partial charge >= 0.3 is 21.7 Å². The number of allylic oxidation sites excluding steroid dienone is 8. The molecule has 8 rings (SSSR count). The molecule has 0 N–H and O–H groups in total. The predicted octanol–water partition coefficient (Wildman–Crippen LogP) is 14.7. The monoisotopic (exact) mass is 985 g/mol. The van der Waals surface area contributed by atoms with E-state index in [0.29, 0.717) is 67.5 Å². The Morgan fingerprint density at radius 2 is 0.354 bits per heavy atom. The van der Waals surface area contributed by atoms with Gasteiger partial charge in [-0.3, -0.25) is 0 Å². The van der Waals surface area contributed by atoms with Gasteiger partial charge in [-0.2, -0.15) is 0 Å². The summed E-state index contributed by atoms with van der Waals surface area (Å²) in [6, 6.07) is 1.32. The topological polar surface area (TPSA) is 56.4 Å². The van der Waals surface area contributed by atoms with E-state index < -0.39 is 35.2 Å². The van der Waals surface area contributed by atoms with Crippen LogP contribution in [0.5, 0.6) is 0 Å². The third kappa shape index (κ3) is 8.12. The third-order valence-electron chi connectivity index (χ3n) is 21.3. The number of hydrogen-bond acceptors (Lipinski definition) is 0. The van der Waals surface area contributed by atoms with Gasteiger partial charge in [0, 0.05) is 35.2 Å². The smallest absolute Gasteiger partial charge is 0.649 e. The minimum absolute atomic E-state index is 0. The van der Waals surface area contributed by atoms with Crippen LogP contribution < -0.4 is 0 Å². The zero-order chi connectivity index (χ0) is 48.8. The van der Waals surface area contributed by atoms with Crippen molar-refractivity contribution in [1.29, 1.82) is 0 Å². The second-order valence-corrected chi connectivity index (χ2v) is 38.8. The zero-order valence-electron chi connectivity index (χ0n) is 46.1. The van der Waals surface area contributed by atoms with Crippen molar-refractivity contribution in [2.75, 3.05) is 0 Å². The molecule has 4 fully saturated rings. The summed E-state index contributed by atoms with van der Waals surface area (Å²) < 4.78 is 0. The molecule has 0 heterocycles. The Hall–Kier alpha value is -0.658. The van der Waals surface area contributed by atoms with Gasteiger partial charge in [-0.05, 0) is 43.3 Å². The molecule has 0 saturated heterocycles. The van der Waals surface area contributed by atoms with Crippen molar-refractivity contribution >= 4 is 35.2 Å². The molecular formula is C56H96N4Si4Ti. The Morgan fingerprint density at radius 3 is 0.431 bits per heavy atom. The summed E-state index contributed by atoms with van der Waals surface area (Å²) >= 11 is 0. The van der Waals surface area contributed by atoms with Gasteiger partial charge in [-0.25, -0.2) is 0 Å². The number of rotatable bonds is 12. The van der Waals surface area contributed by atoms with E-state index >= 15 is 0 Å². The van der Waals surface area contributed by atoms with Crippen LogP contribution >= 0.6 is 0 Å². The first-order valence-electron chi connectivity index (χ1n) is 25.4. The van der Waals surface area contributed by atoms with E-state index in [4.69, 9.17) is 21.3 Å². The molecule has 4 nitrogen and oxygen atoms in total. The van der Waals surface area contributed by atoms with E-state index in [2.05, 4.69) is 260 Å². The van der Waals surface area contributed by atoms with Crippen molar-refractivity contribution in [3.05, 3.63) is 118 Å². The van der Waals surface area contributed by atoms with E-state index in [1.54, 1.807) is 0 Å². The maximum atomic E-state index is 5.21. The molecule has 8 aliphatic rings. The predicted molar refractivity (Wildman–Crippen MR) is 298 cm³/mol. The van der Waals surface area contributed by atoms with E-state index in [1.165, 1.54) is 0 Å². The minimum Gasteiger partial charge on any atom is -0.649 e. The van der Waals surface area contributed by atoms with Crippen LogP contribution in [-0.2, 0) is 21.7 Å². The van der Waals surface area contributed by atoms with Gasteiger partial charge < -0.3 is 21.3 Å². The van der Waals surface area contributed by atoms with Crippen LogP contribution in [0.25, 0.3) is 21.3 Å². The molecular weight excluding hydrogens is 889 g/mol. The summed E-state index contributed by atoms with van der Waals surface area (Å²) in [6.07, 6.45) is 34.6. The Balaban J connectivity index is 0.000000189. The summed E-state index contributed by atoms with van der Waals surface area (Å²) in [5.74, 6) is 0. The molecule has 4 saturated carbocycles. The van der Waals surface area contributed by atoms with Crippen molar-refractivity contribution < 1.29 is 21.7 Å². The van der Waals surface area contributed by atoms with Crippen LogP contribution in [0, 0.1) is 43.3 Å². The largest absolute Gasteiger partial charge is 4.00 e. The molecule has 0 amide bonds. The van der Waals surface area contributed by atoms with Crippen LogP contribution in [0.3, 0.4) is 0 Å². The summed E-state index contributed by atoms with van der Waals surface area (Å²) in [6.45, 7) is 57.9. The van der Waals surface area contributed by atoms with E-state index in [9.17, 15) is 0 Å². The summed E-state index contributed by atoms with van der Waals surface area (Å²) in [5.41, 5.74) is 2.93. The second-order valence-electron chi connectivity index (χ2n) is 26.2. The van der Waals surface area contributed by atoms with Crippen molar-refractivity contribution in [1.82, 2.24) is 0 Å². The van der Waals surface area contributed by atoms with Crippen molar-refractivity contribution in [3.63, 3.8) is 0 Å². The summed E-state index contributed by atoms with van der Waals surface area (Å²) in [4.78, 5) is 0. The Bertz CT molecular complexity index is 1580. The van der Waals surface area contributed by atoms with Gasteiger partial charge in [-0.15, -0.1) is 20.6 Å². The summed E-state index contributed by atoms with van der Waals surface area (Å²) in [5, 5.41) is 21.9. The van der Waals surface area contributed by atoms with Crippen LogP contribution in [0.1, 0.15) is 111 Å². The first-order valence-corrected chi connectivity index (χ1v) is 36.9. The molecule has 0 aromatic heterocycles. The van der Waals surface area contributed by atoms with E-state index in [1.807, 2.05) is 0 Å². The van der Waals surface area contributed by atoms with Gasteiger partial charge in [-0.1, -0.05) is 285 Å². The quantitative estimate of drug-likeness (QED) is 0.175. The maximum absolute atomic E-state index is 5.21. The molecule has 0 bridgehead atoms. The van der Waals surface area contributed by atoms with Gasteiger partial charge in [0.1, 0.15) is 0 Å². The normalized spacial score (nSPS) is 28.5. The Labute approximate surface area is 423 Å². The van der Waals surface area contributed by atoms with Crippen LogP contribution in [0.4, 0.5) is 0 Å². The van der Waals surface area contributed by atoms with Crippen molar-refractivity contribution in [2.45, 2.75) is 208 Å². The average molecular weight is 986 g/mol. The van der Waals surface area contributed by atoms with E-state index in [-0.39, 0.29) is 42.4 Å². The molecule has 65 heavy (non-hydrogen) atoms. The zero-order valence-corrected chi connectivity index (χ0v) is 52.3. The van der Waals surface area contributed by atoms with Crippen molar-refractivity contribution in [2.24, 2.45) is 43.3 Å². The maximum Gasteiger partial charge on any atom is 4.00 e.